The molecule has 1 aromatic heterocycles. The molecule has 2 N–H and O–H groups in total. The van der Waals surface area contributed by atoms with Crippen LogP contribution in [-0.2, 0) is 6.42 Å². The van der Waals surface area contributed by atoms with Crippen molar-refractivity contribution in [1.82, 2.24) is 15.6 Å². The third-order valence-electron chi connectivity index (χ3n) is 4.22. The summed E-state index contributed by atoms with van der Waals surface area (Å²) in [6, 6.07) is 11.0. The predicted octanol–water partition coefficient (Wildman–Crippen LogP) is 4.15. The monoisotopic (exact) mass is 488 g/mol. The number of nitrogens with zero attached hydrogens (tertiary/aromatic N) is 2. The fraction of sp³-hybridized carbons (Fsp3) is 0.368. The minimum atomic E-state index is -0.131. The Morgan fingerprint density at radius 2 is 2.12 bits per heavy atom. The van der Waals surface area contributed by atoms with Gasteiger partial charge in [0.15, 0.2) is 5.96 Å². The van der Waals surface area contributed by atoms with Crippen LogP contribution in [0.15, 0.2) is 47.6 Å². The van der Waals surface area contributed by atoms with Crippen LogP contribution in [0.5, 0.6) is 0 Å². The molecule has 0 saturated heterocycles. The predicted molar refractivity (Wildman–Crippen MR) is 115 cm³/mol. The van der Waals surface area contributed by atoms with Gasteiger partial charge in [-0.25, -0.2) is 9.37 Å². The zero-order valence-electron chi connectivity index (χ0n) is 14.6. The van der Waals surface area contributed by atoms with Crippen molar-refractivity contribution in [3.8, 4) is 0 Å². The van der Waals surface area contributed by atoms with E-state index in [1.165, 1.54) is 6.07 Å². The van der Waals surface area contributed by atoms with E-state index in [2.05, 4.69) is 20.6 Å². The van der Waals surface area contributed by atoms with Crippen LogP contribution in [0, 0.1) is 5.82 Å². The van der Waals surface area contributed by atoms with Gasteiger partial charge >= 0.3 is 0 Å². The maximum atomic E-state index is 13.9. The molecular formula is C19H23ClFIN4. The number of nitrogens with one attached hydrogen (secondary N) is 2. The van der Waals surface area contributed by atoms with Gasteiger partial charge in [-0.15, -0.1) is 24.0 Å². The Morgan fingerprint density at radius 3 is 2.81 bits per heavy atom. The molecule has 26 heavy (non-hydrogen) atoms. The molecule has 1 aliphatic carbocycles. The summed E-state index contributed by atoms with van der Waals surface area (Å²) in [5, 5.41) is 7.14. The largest absolute Gasteiger partial charge is 0.357 e. The standard InChI is InChI=1S/C19H22ClFN4.HI/c1-2-22-19(23-10-9-13-7-8-18(20)24-12-13)25-17-11-15(17)14-5-3-4-6-16(14)21;/h3-8,12,15,17H,2,9-11H2,1H3,(H2,22,23,25);1H. The number of guanidine groups is 1. The quantitative estimate of drug-likeness (QED) is 0.278. The highest BCUT2D eigenvalue weighted by Gasteiger charge is 2.40. The average molecular weight is 489 g/mol. The Morgan fingerprint density at radius 1 is 1.31 bits per heavy atom. The summed E-state index contributed by atoms with van der Waals surface area (Å²) in [6.45, 7) is 3.46. The van der Waals surface area contributed by atoms with Gasteiger partial charge in [-0.3, -0.25) is 4.99 Å². The maximum Gasteiger partial charge on any atom is 0.191 e. The van der Waals surface area contributed by atoms with Gasteiger partial charge in [-0.1, -0.05) is 35.9 Å². The molecular weight excluding hydrogens is 466 g/mol. The summed E-state index contributed by atoms with van der Waals surface area (Å²) in [4.78, 5) is 8.68. The molecule has 1 saturated carbocycles. The Balaban J connectivity index is 0.00000243. The minimum Gasteiger partial charge on any atom is -0.357 e. The first kappa shape index (κ1) is 20.9. The van der Waals surface area contributed by atoms with Gasteiger partial charge in [0.1, 0.15) is 11.0 Å². The SMILES string of the molecule is CCNC(=NCCc1ccc(Cl)nc1)NC1CC1c1ccccc1F.I. The molecule has 1 heterocycles. The first-order valence-corrected chi connectivity index (χ1v) is 8.95. The molecule has 2 unspecified atom stereocenters. The molecule has 0 aliphatic heterocycles. The van der Waals surface area contributed by atoms with Crippen LogP contribution in [0.3, 0.4) is 0 Å². The number of hydrogen-bond donors (Lipinski definition) is 2. The van der Waals surface area contributed by atoms with E-state index < -0.39 is 0 Å². The molecule has 0 bridgehead atoms. The van der Waals surface area contributed by atoms with Crippen LogP contribution in [-0.4, -0.2) is 30.1 Å². The summed E-state index contributed by atoms with van der Waals surface area (Å²) >= 11 is 5.79. The second-order valence-corrected chi connectivity index (χ2v) is 6.50. The van der Waals surface area contributed by atoms with E-state index in [4.69, 9.17) is 11.6 Å². The fourth-order valence-corrected chi connectivity index (χ4v) is 2.93. The van der Waals surface area contributed by atoms with E-state index in [0.717, 1.165) is 36.5 Å². The van der Waals surface area contributed by atoms with E-state index in [0.29, 0.717) is 11.7 Å². The van der Waals surface area contributed by atoms with Crippen LogP contribution in [0.25, 0.3) is 0 Å². The highest BCUT2D eigenvalue weighted by Crippen LogP contribution is 2.41. The lowest BCUT2D eigenvalue weighted by Gasteiger charge is -2.11. The van der Waals surface area contributed by atoms with Gasteiger partial charge in [0, 0.05) is 31.2 Å². The molecule has 2 aromatic rings. The molecule has 2 atom stereocenters. The first-order valence-electron chi connectivity index (χ1n) is 8.57. The maximum absolute atomic E-state index is 13.9. The number of aromatic nitrogens is 1. The van der Waals surface area contributed by atoms with E-state index in [1.54, 1.807) is 18.3 Å². The summed E-state index contributed by atoms with van der Waals surface area (Å²) in [7, 11) is 0. The van der Waals surface area contributed by atoms with Gasteiger partial charge in [0.25, 0.3) is 0 Å². The summed E-state index contributed by atoms with van der Waals surface area (Å²) in [5.41, 5.74) is 1.88. The van der Waals surface area contributed by atoms with Crippen molar-refractivity contribution in [3.63, 3.8) is 0 Å². The molecule has 1 aliphatic rings. The number of aliphatic imine (C=N–C) groups is 1. The van der Waals surface area contributed by atoms with Crippen molar-refractivity contribution in [3.05, 3.63) is 64.7 Å². The van der Waals surface area contributed by atoms with Crippen molar-refractivity contribution in [2.45, 2.75) is 31.7 Å². The smallest absolute Gasteiger partial charge is 0.191 e. The molecule has 140 valence electrons. The zero-order valence-corrected chi connectivity index (χ0v) is 17.7. The number of benzene rings is 1. The second-order valence-electron chi connectivity index (χ2n) is 6.11. The van der Waals surface area contributed by atoms with E-state index in [1.807, 2.05) is 25.1 Å². The minimum absolute atomic E-state index is 0. The first-order chi connectivity index (χ1) is 12.2. The molecule has 0 radical (unpaired) electrons. The lowest BCUT2D eigenvalue weighted by atomic mass is 10.1. The summed E-state index contributed by atoms with van der Waals surface area (Å²) in [5.74, 6) is 0.854. The van der Waals surface area contributed by atoms with E-state index in [-0.39, 0.29) is 41.8 Å². The van der Waals surface area contributed by atoms with Crippen molar-refractivity contribution in [2.75, 3.05) is 13.1 Å². The molecule has 3 rings (SSSR count). The Hall–Kier alpha value is -1.41. The topological polar surface area (TPSA) is 49.3 Å². The molecule has 4 nitrogen and oxygen atoms in total. The lowest BCUT2D eigenvalue weighted by molar-refractivity contribution is 0.607. The molecule has 7 heteroatoms. The Labute approximate surface area is 175 Å². The second kappa shape index (κ2) is 10.1. The van der Waals surface area contributed by atoms with Gasteiger partial charge in [-0.2, -0.15) is 0 Å². The van der Waals surface area contributed by atoms with Gasteiger partial charge in [0.2, 0.25) is 0 Å². The van der Waals surface area contributed by atoms with Crippen molar-refractivity contribution in [1.29, 1.82) is 0 Å². The number of hydrogen-bond acceptors (Lipinski definition) is 2. The summed E-state index contributed by atoms with van der Waals surface area (Å²) < 4.78 is 13.9. The van der Waals surface area contributed by atoms with Crippen LogP contribution < -0.4 is 10.6 Å². The molecule has 1 aromatic carbocycles. The van der Waals surface area contributed by atoms with Crippen molar-refractivity contribution >= 4 is 41.5 Å². The van der Waals surface area contributed by atoms with E-state index >= 15 is 0 Å². The number of pyridine rings is 1. The number of rotatable bonds is 6. The van der Waals surface area contributed by atoms with Gasteiger partial charge in [-0.05, 0) is 43.0 Å². The summed E-state index contributed by atoms with van der Waals surface area (Å²) in [6.07, 6.45) is 3.49. The Bertz CT molecular complexity index is 739. The van der Waals surface area contributed by atoms with E-state index in [9.17, 15) is 4.39 Å². The molecule has 0 spiro atoms. The third kappa shape index (κ3) is 5.81. The third-order valence-corrected chi connectivity index (χ3v) is 4.44. The van der Waals surface area contributed by atoms with Crippen molar-refractivity contribution in [2.24, 2.45) is 4.99 Å². The zero-order chi connectivity index (χ0) is 17.6. The van der Waals surface area contributed by atoms with Crippen LogP contribution in [0.4, 0.5) is 4.39 Å². The lowest BCUT2D eigenvalue weighted by Crippen LogP contribution is -2.39. The number of halogens is 3. The highest BCUT2D eigenvalue weighted by molar-refractivity contribution is 14.0. The van der Waals surface area contributed by atoms with Crippen LogP contribution in [0.1, 0.15) is 30.4 Å². The van der Waals surface area contributed by atoms with Gasteiger partial charge < -0.3 is 10.6 Å². The fourth-order valence-electron chi connectivity index (χ4n) is 2.82. The van der Waals surface area contributed by atoms with Crippen LogP contribution >= 0.6 is 35.6 Å². The molecule has 0 amide bonds. The average Bonchev–Trinajstić information content (AvgIpc) is 3.36. The van der Waals surface area contributed by atoms with Crippen LogP contribution in [0.2, 0.25) is 5.15 Å². The van der Waals surface area contributed by atoms with Gasteiger partial charge in [0.05, 0.1) is 0 Å². The van der Waals surface area contributed by atoms with Crippen molar-refractivity contribution < 1.29 is 4.39 Å². The highest BCUT2D eigenvalue weighted by atomic mass is 127. The Kier molecular flexibility index (Phi) is 8.09. The molecule has 1 fully saturated rings. The normalized spacial score (nSPS) is 18.8.